The van der Waals surface area contributed by atoms with Crippen LogP contribution in [-0.2, 0) is 0 Å². The molecular weight excluding hydrogens is 372 g/mol. The molecule has 1 amide bonds. The van der Waals surface area contributed by atoms with E-state index in [0.29, 0.717) is 12.0 Å². The molecule has 7 rings (SSSR count). The van der Waals surface area contributed by atoms with Gasteiger partial charge in [-0.2, -0.15) is 0 Å². The normalized spacial score (nSPS) is 26.4. The molecule has 4 fully saturated rings. The molecule has 0 radical (unpaired) electrons. The molecule has 2 aromatic heterocycles. The molecule has 4 aliphatic heterocycles. The number of pyridine rings is 1. The van der Waals surface area contributed by atoms with Crippen molar-refractivity contribution in [2.45, 2.75) is 38.1 Å². The Kier molecular flexibility index (Phi) is 4.45. The van der Waals surface area contributed by atoms with Crippen LogP contribution in [0.5, 0.6) is 0 Å². The molecule has 2 bridgehead atoms. The van der Waals surface area contributed by atoms with Crippen LogP contribution >= 0.6 is 0 Å². The van der Waals surface area contributed by atoms with Crippen LogP contribution in [0, 0.1) is 5.92 Å². The standard InChI is InChI=1S/C25H30N4O/c30-25(26-23-17-27-12-8-18(23)9-13-27)20-15-22-5-4-19-14-21(28-10-2-1-3-11-28)6-7-24(19)29(22)16-20/h4-7,14-16,18,23H,1-3,8-13,17H2,(H,26,30)/t23-/m0/s1. The van der Waals surface area contributed by atoms with Crippen molar-refractivity contribution < 1.29 is 4.79 Å². The van der Waals surface area contributed by atoms with E-state index >= 15 is 0 Å². The summed E-state index contributed by atoms with van der Waals surface area (Å²) in [6.45, 7) is 5.70. The number of fused-ring (bicyclic) bond motifs is 6. The van der Waals surface area contributed by atoms with Gasteiger partial charge in [0, 0.05) is 48.5 Å². The van der Waals surface area contributed by atoms with Gasteiger partial charge in [0.1, 0.15) is 0 Å². The Hall–Kier alpha value is -2.53. The molecule has 5 heteroatoms. The van der Waals surface area contributed by atoms with E-state index in [1.807, 2.05) is 12.3 Å². The highest BCUT2D eigenvalue weighted by atomic mass is 16.1. The summed E-state index contributed by atoms with van der Waals surface area (Å²) < 4.78 is 2.17. The summed E-state index contributed by atoms with van der Waals surface area (Å²) in [5, 5.41) is 4.55. The van der Waals surface area contributed by atoms with Gasteiger partial charge in [-0.15, -0.1) is 0 Å². The minimum absolute atomic E-state index is 0.0653. The van der Waals surface area contributed by atoms with Gasteiger partial charge in [-0.3, -0.25) is 4.79 Å². The van der Waals surface area contributed by atoms with E-state index in [2.05, 4.69) is 49.8 Å². The summed E-state index contributed by atoms with van der Waals surface area (Å²) in [6, 6.07) is 13.4. The maximum absolute atomic E-state index is 13.0. The van der Waals surface area contributed by atoms with E-state index in [1.54, 1.807) is 0 Å². The van der Waals surface area contributed by atoms with E-state index in [0.717, 1.165) is 36.2 Å². The highest BCUT2D eigenvalue weighted by Gasteiger charge is 2.35. The third-order valence-corrected chi connectivity index (χ3v) is 7.51. The maximum atomic E-state index is 13.0. The SMILES string of the molecule is O=C(N[C@H]1CN2CCC1CC2)c1cc2ccc3cc(N4CCCCC4)ccc3n2c1. The molecule has 5 nitrogen and oxygen atoms in total. The third-order valence-electron chi connectivity index (χ3n) is 7.51. The van der Waals surface area contributed by atoms with Crippen LogP contribution in [0.3, 0.4) is 0 Å². The molecule has 0 spiro atoms. The summed E-state index contributed by atoms with van der Waals surface area (Å²) >= 11 is 0. The smallest absolute Gasteiger partial charge is 0.253 e. The fourth-order valence-corrected chi connectivity index (χ4v) is 5.74. The van der Waals surface area contributed by atoms with Crippen molar-refractivity contribution in [3.8, 4) is 0 Å². The number of rotatable bonds is 3. The third kappa shape index (κ3) is 3.16. The second kappa shape index (κ2) is 7.31. The number of benzene rings is 1. The average Bonchev–Trinajstić information content (AvgIpc) is 3.25. The highest BCUT2D eigenvalue weighted by molar-refractivity contribution is 5.97. The van der Waals surface area contributed by atoms with Crippen molar-refractivity contribution in [3.63, 3.8) is 0 Å². The maximum Gasteiger partial charge on any atom is 0.253 e. The molecule has 0 aliphatic carbocycles. The second-order valence-corrected chi connectivity index (χ2v) is 9.37. The molecule has 4 saturated heterocycles. The predicted octanol–water partition coefficient (Wildman–Crippen LogP) is 3.91. The Morgan fingerprint density at radius 3 is 2.53 bits per heavy atom. The lowest BCUT2D eigenvalue weighted by atomic mass is 9.84. The van der Waals surface area contributed by atoms with Gasteiger partial charge in [0.25, 0.3) is 5.91 Å². The van der Waals surface area contributed by atoms with Gasteiger partial charge in [-0.05, 0) is 81.4 Å². The number of nitrogens with zero attached hydrogens (tertiary/aromatic N) is 3. The zero-order valence-electron chi connectivity index (χ0n) is 17.5. The average molecular weight is 403 g/mol. The molecule has 156 valence electrons. The molecule has 6 heterocycles. The fraction of sp³-hybridized carbons (Fsp3) is 0.480. The molecular formula is C25H30N4O. The van der Waals surface area contributed by atoms with Crippen LogP contribution in [0.25, 0.3) is 16.4 Å². The number of aromatic nitrogens is 1. The molecule has 3 aromatic rings. The first-order valence-corrected chi connectivity index (χ1v) is 11.6. The first kappa shape index (κ1) is 18.3. The van der Waals surface area contributed by atoms with E-state index in [4.69, 9.17) is 0 Å². The molecule has 4 aliphatic rings. The number of amides is 1. The van der Waals surface area contributed by atoms with Gasteiger partial charge < -0.3 is 19.5 Å². The number of anilines is 1. The van der Waals surface area contributed by atoms with Crippen molar-refractivity contribution in [2.24, 2.45) is 5.92 Å². The summed E-state index contributed by atoms with van der Waals surface area (Å²) in [5.41, 5.74) is 4.32. The topological polar surface area (TPSA) is 40.0 Å². The van der Waals surface area contributed by atoms with Gasteiger partial charge in [0.15, 0.2) is 0 Å². The predicted molar refractivity (Wildman–Crippen MR) is 121 cm³/mol. The quantitative estimate of drug-likeness (QED) is 0.722. The number of nitrogens with one attached hydrogen (secondary N) is 1. The lowest BCUT2D eigenvalue weighted by Crippen LogP contribution is -2.57. The Morgan fingerprint density at radius 2 is 1.77 bits per heavy atom. The number of piperidine rings is 4. The Balaban J connectivity index is 1.28. The largest absolute Gasteiger partial charge is 0.372 e. The van der Waals surface area contributed by atoms with Crippen LogP contribution in [0.2, 0.25) is 0 Å². The highest BCUT2D eigenvalue weighted by Crippen LogP contribution is 2.29. The van der Waals surface area contributed by atoms with Crippen LogP contribution < -0.4 is 10.2 Å². The Labute approximate surface area is 177 Å². The molecule has 0 saturated carbocycles. The van der Waals surface area contributed by atoms with Gasteiger partial charge in [0.2, 0.25) is 0 Å². The zero-order valence-corrected chi connectivity index (χ0v) is 17.5. The monoisotopic (exact) mass is 402 g/mol. The lowest BCUT2D eigenvalue weighted by Gasteiger charge is -2.44. The number of carbonyl (C=O) groups is 1. The van der Waals surface area contributed by atoms with Crippen LogP contribution in [0.15, 0.2) is 42.6 Å². The first-order chi connectivity index (χ1) is 14.7. The van der Waals surface area contributed by atoms with Gasteiger partial charge in [-0.25, -0.2) is 0 Å². The number of carbonyl (C=O) groups excluding carboxylic acids is 1. The molecule has 1 N–H and O–H groups in total. The molecule has 1 aromatic carbocycles. The van der Waals surface area contributed by atoms with Gasteiger partial charge >= 0.3 is 0 Å². The molecule has 1 atom stereocenters. The first-order valence-electron chi connectivity index (χ1n) is 11.6. The second-order valence-electron chi connectivity index (χ2n) is 9.37. The van der Waals surface area contributed by atoms with E-state index in [-0.39, 0.29) is 5.91 Å². The Morgan fingerprint density at radius 1 is 0.933 bits per heavy atom. The van der Waals surface area contributed by atoms with Crippen molar-refractivity contribution in [2.75, 3.05) is 37.6 Å². The number of hydrogen-bond donors (Lipinski definition) is 1. The van der Waals surface area contributed by atoms with E-state index in [9.17, 15) is 4.79 Å². The molecule has 30 heavy (non-hydrogen) atoms. The Bertz CT molecular complexity index is 1090. The van der Waals surface area contributed by atoms with Gasteiger partial charge in [0.05, 0.1) is 11.1 Å². The van der Waals surface area contributed by atoms with Crippen molar-refractivity contribution >= 4 is 28.0 Å². The van der Waals surface area contributed by atoms with E-state index in [1.165, 1.54) is 56.3 Å². The van der Waals surface area contributed by atoms with E-state index < -0.39 is 0 Å². The zero-order chi connectivity index (χ0) is 20.1. The van der Waals surface area contributed by atoms with Crippen molar-refractivity contribution in [3.05, 3.63) is 48.2 Å². The lowest BCUT2D eigenvalue weighted by molar-refractivity contribution is 0.0620. The molecule has 0 unspecified atom stereocenters. The summed E-state index contributed by atoms with van der Waals surface area (Å²) in [7, 11) is 0. The van der Waals surface area contributed by atoms with Crippen LogP contribution in [-0.4, -0.2) is 54.0 Å². The van der Waals surface area contributed by atoms with Crippen molar-refractivity contribution in [1.29, 1.82) is 0 Å². The number of hydrogen-bond acceptors (Lipinski definition) is 3. The summed E-state index contributed by atoms with van der Waals surface area (Å²) in [6.07, 6.45) is 8.35. The summed E-state index contributed by atoms with van der Waals surface area (Å²) in [4.78, 5) is 18.0. The minimum atomic E-state index is 0.0653. The summed E-state index contributed by atoms with van der Waals surface area (Å²) in [5.74, 6) is 0.709. The van der Waals surface area contributed by atoms with Crippen LogP contribution in [0.4, 0.5) is 5.69 Å². The van der Waals surface area contributed by atoms with Crippen LogP contribution in [0.1, 0.15) is 42.5 Å². The van der Waals surface area contributed by atoms with Crippen molar-refractivity contribution in [1.82, 2.24) is 14.6 Å². The minimum Gasteiger partial charge on any atom is -0.372 e. The fourth-order valence-electron chi connectivity index (χ4n) is 5.74. The van der Waals surface area contributed by atoms with Gasteiger partial charge in [-0.1, -0.05) is 6.07 Å².